The zero-order valence-electron chi connectivity index (χ0n) is 13.4. The maximum absolute atomic E-state index is 12.5. The number of halogens is 2. The first-order chi connectivity index (χ1) is 11.8. The first-order valence-electron chi connectivity index (χ1n) is 7.40. The van der Waals surface area contributed by atoms with Gasteiger partial charge in [-0.1, -0.05) is 17.7 Å². The summed E-state index contributed by atoms with van der Waals surface area (Å²) in [7, 11) is -4.64. The standard InChI is InChI=1S/C17H17F2NO3S2/c1-12-2-6-14(7-3-12)24-11-10-20-16(21)13-4-8-15(9-5-13)25(22,23)17(18)19/h2-9,17H,10-11H2,1H3,(H,20,21). The molecule has 0 aliphatic rings. The maximum atomic E-state index is 12.5. The number of amides is 1. The average Bonchev–Trinajstić information content (AvgIpc) is 2.60. The molecule has 0 aromatic heterocycles. The zero-order chi connectivity index (χ0) is 18.4. The summed E-state index contributed by atoms with van der Waals surface area (Å²) in [6.07, 6.45) is 0. The highest BCUT2D eigenvalue weighted by atomic mass is 32.2. The number of carbonyl (C=O) groups is 1. The number of hydrogen-bond donors (Lipinski definition) is 1. The Bertz CT molecular complexity index is 820. The Balaban J connectivity index is 1.85. The predicted molar refractivity (Wildman–Crippen MR) is 93.9 cm³/mol. The molecule has 0 saturated heterocycles. The molecule has 2 aromatic carbocycles. The molecule has 0 spiro atoms. The van der Waals surface area contributed by atoms with Crippen molar-refractivity contribution in [1.82, 2.24) is 5.32 Å². The lowest BCUT2D eigenvalue weighted by molar-refractivity contribution is 0.0956. The third-order valence-corrected chi connectivity index (χ3v) is 5.77. The van der Waals surface area contributed by atoms with Gasteiger partial charge in [0.05, 0.1) is 4.90 Å². The van der Waals surface area contributed by atoms with Crippen LogP contribution in [-0.4, -0.2) is 32.4 Å². The van der Waals surface area contributed by atoms with Gasteiger partial charge < -0.3 is 5.32 Å². The molecule has 2 aromatic rings. The summed E-state index contributed by atoms with van der Waals surface area (Å²) in [5.41, 5.74) is 1.39. The van der Waals surface area contributed by atoms with Gasteiger partial charge in [-0.25, -0.2) is 8.42 Å². The van der Waals surface area contributed by atoms with Gasteiger partial charge in [0.25, 0.3) is 5.91 Å². The number of sulfone groups is 1. The molecule has 1 N–H and O–H groups in total. The van der Waals surface area contributed by atoms with Crippen LogP contribution in [0.1, 0.15) is 15.9 Å². The lowest BCUT2D eigenvalue weighted by Crippen LogP contribution is -2.25. The molecule has 0 heterocycles. The topological polar surface area (TPSA) is 63.2 Å². The highest BCUT2D eigenvalue weighted by Crippen LogP contribution is 2.19. The summed E-state index contributed by atoms with van der Waals surface area (Å²) in [5, 5.41) is 2.70. The zero-order valence-corrected chi connectivity index (χ0v) is 15.0. The van der Waals surface area contributed by atoms with E-state index in [1.165, 1.54) is 17.7 Å². The quantitative estimate of drug-likeness (QED) is 0.585. The van der Waals surface area contributed by atoms with E-state index in [0.29, 0.717) is 12.3 Å². The van der Waals surface area contributed by atoms with Crippen molar-refractivity contribution in [1.29, 1.82) is 0 Å². The van der Waals surface area contributed by atoms with E-state index in [1.54, 1.807) is 11.8 Å². The van der Waals surface area contributed by atoms with Gasteiger partial charge in [0.1, 0.15) is 0 Å². The van der Waals surface area contributed by atoms with Gasteiger partial charge in [0, 0.05) is 22.8 Å². The normalized spacial score (nSPS) is 11.5. The van der Waals surface area contributed by atoms with Crippen LogP contribution in [0.15, 0.2) is 58.3 Å². The Morgan fingerprint density at radius 3 is 2.24 bits per heavy atom. The molecule has 0 bridgehead atoms. The van der Waals surface area contributed by atoms with Crippen LogP contribution in [-0.2, 0) is 9.84 Å². The second kappa shape index (κ2) is 8.44. The Morgan fingerprint density at radius 1 is 1.08 bits per heavy atom. The molecule has 0 saturated carbocycles. The third kappa shape index (κ3) is 5.27. The molecule has 0 fully saturated rings. The molecule has 134 valence electrons. The second-order valence-corrected chi connectivity index (χ2v) is 8.33. The summed E-state index contributed by atoms with van der Waals surface area (Å²) >= 11 is 1.60. The molecule has 2 rings (SSSR count). The molecule has 0 aliphatic heterocycles. The Morgan fingerprint density at radius 2 is 1.68 bits per heavy atom. The third-order valence-electron chi connectivity index (χ3n) is 3.36. The molecule has 8 heteroatoms. The maximum Gasteiger partial charge on any atom is 0.341 e. The largest absolute Gasteiger partial charge is 0.351 e. The molecular formula is C17H17F2NO3S2. The van der Waals surface area contributed by atoms with E-state index in [1.807, 2.05) is 31.2 Å². The molecule has 0 aliphatic carbocycles. The number of alkyl halides is 2. The molecule has 0 unspecified atom stereocenters. The van der Waals surface area contributed by atoms with Crippen molar-refractivity contribution >= 4 is 27.5 Å². The van der Waals surface area contributed by atoms with Crippen molar-refractivity contribution in [3.63, 3.8) is 0 Å². The number of nitrogens with one attached hydrogen (secondary N) is 1. The van der Waals surface area contributed by atoms with Gasteiger partial charge in [0.2, 0.25) is 9.84 Å². The Hall–Kier alpha value is -1.93. The number of carbonyl (C=O) groups excluding carboxylic acids is 1. The van der Waals surface area contributed by atoms with Crippen LogP contribution in [0.3, 0.4) is 0 Å². The minimum absolute atomic E-state index is 0.216. The predicted octanol–water partition coefficient (Wildman–Crippen LogP) is 3.51. The van der Waals surface area contributed by atoms with Crippen molar-refractivity contribution in [2.75, 3.05) is 12.3 Å². The van der Waals surface area contributed by atoms with Gasteiger partial charge in [-0.3, -0.25) is 4.79 Å². The lowest BCUT2D eigenvalue weighted by Gasteiger charge is -2.07. The lowest BCUT2D eigenvalue weighted by atomic mass is 10.2. The van der Waals surface area contributed by atoms with Crippen LogP contribution in [0.25, 0.3) is 0 Å². The smallest absolute Gasteiger partial charge is 0.341 e. The van der Waals surface area contributed by atoms with Crippen LogP contribution in [0.5, 0.6) is 0 Å². The van der Waals surface area contributed by atoms with E-state index >= 15 is 0 Å². The fourth-order valence-corrected chi connectivity index (χ4v) is 3.46. The highest BCUT2D eigenvalue weighted by molar-refractivity contribution is 7.99. The summed E-state index contributed by atoms with van der Waals surface area (Å²) < 4.78 is 47.6. The van der Waals surface area contributed by atoms with E-state index in [0.717, 1.165) is 17.0 Å². The van der Waals surface area contributed by atoms with Gasteiger partial charge >= 0.3 is 5.76 Å². The van der Waals surface area contributed by atoms with Gasteiger partial charge in [0.15, 0.2) is 0 Å². The fourth-order valence-electron chi connectivity index (χ4n) is 1.97. The highest BCUT2D eigenvalue weighted by Gasteiger charge is 2.26. The Labute approximate surface area is 149 Å². The van der Waals surface area contributed by atoms with Crippen LogP contribution in [0.2, 0.25) is 0 Å². The van der Waals surface area contributed by atoms with Crippen molar-refractivity contribution in [3.05, 3.63) is 59.7 Å². The Kier molecular flexibility index (Phi) is 6.55. The monoisotopic (exact) mass is 385 g/mol. The second-order valence-electron chi connectivity index (χ2n) is 5.25. The van der Waals surface area contributed by atoms with Crippen LogP contribution in [0, 0.1) is 6.92 Å². The van der Waals surface area contributed by atoms with E-state index in [2.05, 4.69) is 5.32 Å². The van der Waals surface area contributed by atoms with Crippen molar-refractivity contribution in [2.45, 2.75) is 22.5 Å². The number of aryl methyl sites for hydroxylation is 1. The van der Waals surface area contributed by atoms with E-state index < -0.39 is 20.5 Å². The summed E-state index contributed by atoms with van der Waals surface area (Å²) in [6.45, 7) is 2.43. The van der Waals surface area contributed by atoms with Crippen molar-refractivity contribution in [2.24, 2.45) is 0 Å². The summed E-state index contributed by atoms with van der Waals surface area (Å²) in [5.74, 6) is -3.19. The summed E-state index contributed by atoms with van der Waals surface area (Å²) in [6, 6.07) is 12.5. The first-order valence-corrected chi connectivity index (χ1v) is 9.93. The molecular weight excluding hydrogens is 368 g/mol. The molecule has 0 atom stereocenters. The molecule has 4 nitrogen and oxygen atoms in total. The number of benzene rings is 2. The minimum Gasteiger partial charge on any atom is -0.351 e. The minimum atomic E-state index is -4.64. The summed E-state index contributed by atoms with van der Waals surface area (Å²) in [4.78, 5) is 12.6. The van der Waals surface area contributed by atoms with E-state index in [4.69, 9.17) is 0 Å². The number of hydrogen-bond acceptors (Lipinski definition) is 4. The van der Waals surface area contributed by atoms with Gasteiger partial charge in [-0.05, 0) is 43.3 Å². The van der Waals surface area contributed by atoms with E-state index in [-0.39, 0.29) is 11.5 Å². The SMILES string of the molecule is Cc1ccc(SCCNC(=O)c2ccc(S(=O)(=O)C(F)F)cc2)cc1. The van der Waals surface area contributed by atoms with Crippen LogP contribution >= 0.6 is 11.8 Å². The number of thioether (sulfide) groups is 1. The molecule has 1 amide bonds. The molecule has 25 heavy (non-hydrogen) atoms. The fraction of sp³-hybridized carbons (Fsp3) is 0.235. The average molecular weight is 385 g/mol. The van der Waals surface area contributed by atoms with Crippen molar-refractivity contribution < 1.29 is 22.0 Å². The van der Waals surface area contributed by atoms with Gasteiger partial charge in [-0.2, -0.15) is 8.78 Å². The first kappa shape index (κ1) is 19.4. The van der Waals surface area contributed by atoms with Crippen LogP contribution < -0.4 is 5.32 Å². The van der Waals surface area contributed by atoms with Gasteiger partial charge in [-0.15, -0.1) is 11.8 Å². The molecule has 0 radical (unpaired) electrons. The number of rotatable bonds is 7. The van der Waals surface area contributed by atoms with E-state index in [9.17, 15) is 22.0 Å². The van der Waals surface area contributed by atoms with Crippen LogP contribution in [0.4, 0.5) is 8.78 Å². The van der Waals surface area contributed by atoms with Crippen molar-refractivity contribution in [3.8, 4) is 0 Å².